The van der Waals surface area contributed by atoms with Crippen LogP contribution in [0.2, 0.25) is 0 Å². The van der Waals surface area contributed by atoms with E-state index in [2.05, 4.69) is 26.3 Å². The van der Waals surface area contributed by atoms with Crippen LogP contribution in [-0.2, 0) is 6.54 Å². The van der Waals surface area contributed by atoms with Gasteiger partial charge < -0.3 is 11.1 Å². The minimum atomic E-state index is -0.0994. The van der Waals surface area contributed by atoms with Crippen LogP contribution in [0.1, 0.15) is 26.7 Å². The molecule has 1 atom stereocenters. The zero-order chi connectivity index (χ0) is 12.8. The Morgan fingerprint density at radius 3 is 2.94 bits per heavy atom. The van der Waals surface area contributed by atoms with E-state index in [1.165, 1.54) is 4.68 Å². The van der Waals surface area contributed by atoms with Gasteiger partial charge in [0, 0.05) is 19.1 Å². The Balaban J connectivity index is 2.75. The molecule has 0 aliphatic heterocycles. The molecule has 0 spiro atoms. The van der Waals surface area contributed by atoms with Crippen molar-refractivity contribution in [3.05, 3.63) is 21.0 Å². The molecule has 1 rings (SSSR count). The van der Waals surface area contributed by atoms with Gasteiger partial charge in [-0.2, -0.15) is 5.10 Å². The molecule has 0 aromatic carbocycles. The van der Waals surface area contributed by atoms with Gasteiger partial charge >= 0.3 is 0 Å². The van der Waals surface area contributed by atoms with Crippen LogP contribution in [0, 0.1) is 0 Å². The Hall–Kier alpha value is -0.880. The minimum absolute atomic E-state index is 0.0994. The number of halogens is 1. The highest BCUT2D eigenvalue weighted by Crippen LogP contribution is 2.15. The number of nitrogens with two attached hydrogens (primary N) is 1. The van der Waals surface area contributed by atoms with Crippen molar-refractivity contribution in [2.24, 2.45) is 5.73 Å². The summed E-state index contributed by atoms with van der Waals surface area (Å²) in [5.74, 6) is 0. The molecule has 0 fully saturated rings. The molecule has 1 unspecified atom stereocenters. The molecule has 0 aliphatic carbocycles. The van der Waals surface area contributed by atoms with Gasteiger partial charge in [-0.15, -0.1) is 0 Å². The number of nitrogens with one attached hydrogen (secondary N) is 1. The molecule has 0 amide bonds. The van der Waals surface area contributed by atoms with Crippen LogP contribution in [0.3, 0.4) is 0 Å². The number of hydrogen-bond acceptors (Lipinski definition) is 4. The number of aromatic nitrogens is 2. The lowest BCUT2D eigenvalue weighted by Crippen LogP contribution is -2.25. The maximum Gasteiger partial charge on any atom is 0.283 e. The van der Waals surface area contributed by atoms with Crippen LogP contribution in [0.25, 0.3) is 0 Å². The van der Waals surface area contributed by atoms with E-state index >= 15 is 0 Å². The molecule has 0 saturated carbocycles. The van der Waals surface area contributed by atoms with Crippen LogP contribution in [0.15, 0.2) is 15.5 Å². The maximum absolute atomic E-state index is 11.9. The molecule has 17 heavy (non-hydrogen) atoms. The molecule has 0 saturated heterocycles. The van der Waals surface area contributed by atoms with Gasteiger partial charge in [0.25, 0.3) is 5.56 Å². The molecule has 3 N–H and O–H groups in total. The molecule has 6 heteroatoms. The van der Waals surface area contributed by atoms with E-state index in [9.17, 15) is 4.79 Å². The van der Waals surface area contributed by atoms with Crippen molar-refractivity contribution in [2.75, 3.05) is 11.9 Å². The van der Waals surface area contributed by atoms with Crippen molar-refractivity contribution in [3.63, 3.8) is 0 Å². The lowest BCUT2D eigenvalue weighted by molar-refractivity contribution is 0.565. The second-order valence-corrected chi connectivity index (χ2v) is 4.89. The first kappa shape index (κ1) is 14.2. The van der Waals surface area contributed by atoms with Crippen molar-refractivity contribution in [2.45, 2.75) is 39.3 Å². The SMILES string of the molecule is CCCn1ncc(NCCC(C)N)c(Br)c1=O. The predicted molar refractivity (Wildman–Crippen MR) is 73.2 cm³/mol. The van der Waals surface area contributed by atoms with Crippen molar-refractivity contribution in [1.82, 2.24) is 9.78 Å². The van der Waals surface area contributed by atoms with E-state index in [4.69, 9.17) is 5.73 Å². The third-order valence-corrected chi connectivity index (χ3v) is 3.10. The topological polar surface area (TPSA) is 72.9 Å². The Kier molecular flexibility index (Phi) is 5.64. The fraction of sp³-hybridized carbons (Fsp3) is 0.636. The zero-order valence-corrected chi connectivity index (χ0v) is 11.8. The molecule has 0 radical (unpaired) electrons. The predicted octanol–water partition coefficient (Wildman–Crippen LogP) is 1.57. The third kappa shape index (κ3) is 4.12. The average molecular weight is 303 g/mol. The summed E-state index contributed by atoms with van der Waals surface area (Å²) in [5.41, 5.74) is 6.28. The fourth-order valence-corrected chi connectivity index (χ4v) is 1.84. The normalized spacial score (nSPS) is 12.5. The summed E-state index contributed by atoms with van der Waals surface area (Å²) in [6.45, 7) is 5.33. The molecule has 1 heterocycles. The quantitative estimate of drug-likeness (QED) is 0.836. The average Bonchev–Trinajstić information content (AvgIpc) is 2.28. The summed E-state index contributed by atoms with van der Waals surface area (Å²) >= 11 is 3.30. The molecule has 0 bridgehead atoms. The Labute approximate surface area is 110 Å². The number of rotatable bonds is 6. The highest BCUT2D eigenvalue weighted by molar-refractivity contribution is 9.10. The van der Waals surface area contributed by atoms with Gasteiger partial charge in [-0.05, 0) is 35.7 Å². The number of anilines is 1. The zero-order valence-electron chi connectivity index (χ0n) is 10.2. The summed E-state index contributed by atoms with van der Waals surface area (Å²) in [6.07, 6.45) is 3.41. The molecular formula is C11H19BrN4O. The van der Waals surface area contributed by atoms with E-state index in [0.717, 1.165) is 25.1 Å². The van der Waals surface area contributed by atoms with Crippen molar-refractivity contribution >= 4 is 21.6 Å². The Bertz CT molecular complexity index is 416. The second-order valence-electron chi connectivity index (χ2n) is 4.09. The first-order chi connectivity index (χ1) is 8.06. The third-order valence-electron chi connectivity index (χ3n) is 2.34. The van der Waals surface area contributed by atoms with E-state index in [-0.39, 0.29) is 11.6 Å². The smallest absolute Gasteiger partial charge is 0.283 e. The van der Waals surface area contributed by atoms with Gasteiger partial charge in [0.2, 0.25) is 0 Å². The summed E-state index contributed by atoms with van der Waals surface area (Å²) in [7, 11) is 0. The van der Waals surface area contributed by atoms with E-state index in [0.29, 0.717) is 11.0 Å². The van der Waals surface area contributed by atoms with Crippen LogP contribution < -0.4 is 16.6 Å². The minimum Gasteiger partial charge on any atom is -0.383 e. The first-order valence-corrected chi connectivity index (χ1v) is 6.60. The van der Waals surface area contributed by atoms with Crippen LogP contribution in [0.4, 0.5) is 5.69 Å². The first-order valence-electron chi connectivity index (χ1n) is 5.81. The monoisotopic (exact) mass is 302 g/mol. The van der Waals surface area contributed by atoms with Gasteiger partial charge in [0.1, 0.15) is 4.47 Å². The molecule has 96 valence electrons. The molecule has 1 aromatic heterocycles. The molecule has 1 aromatic rings. The van der Waals surface area contributed by atoms with Crippen LogP contribution in [-0.4, -0.2) is 22.4 Å². The highest BCUT2D eigenvalue weighted by Gasteiger charge is 2.07. The Morgan fingerprint density at radius 1 is 1.65 bits per heavy atom. The largest absolute Gasteiger partial charge is 0.383 e. The molecule has 0 aliphatic rings. The molecular weight excluding hydrogens is 284 g/mol. The number of hydrogen-bond donors (Lipinski definition) is 2. The summed E-state index contributed by atoms with van der Waals surface area (Å²) in [5, 5.41) is 7.26. The summed E-state index contributed by atoms with van der Waals surface area (Å²) in [4.78, 5) is 11.9. The van der Waals surface area contributed by atoms with Crippen molar-refractivity contribution in [1.29, 1.82) is 0 Å². The van der Waals surface area contributed by atoms with Crippen LogP contribution >= 0.6 is 15.9 Å². The second kappa shape index (κ2) is 6.76. The van der Waals surface area contributed by atoms with Crippen molar-refractivity contribution in [3.8, 4) is 0 Å². The van der Waals surface area contributed by atoms with Gasteiger partial charge in [0.15, 0.2) is 0 Å². The van der Waals surface area contributed by atoms with Crippen molar-refractivity contribution < 1.29 is 0 Å². The van der Waals surface area contributed by atoms with Crippen LogP contribution in [0.5, 0.6) is 0 Å². The number of aryl methyl sites for hydroxylation is 1. The standard InChI is InChI=1S/C11H19BrN4O/c1-3-6-16-11(17)10(12)9(7-15-16)14-5-4-8(2)13/h7-8,14H,3-6,13H2,1-2H3. The van der Waals surface area contributed by atoms with E-state index < -0.39 is 0 Å². The van der Waals surface area contributed by atoms with Gasteiger partial charge in [0.05, 0.1) is 11.9 Å². The summed E-state index contributed by atoms with van der Waals surface area (Å²) < 4.78 is 1.99. The van der Waals surface area contributed by atoms with Gasteiger partial charge in [-0.1, -0.05) is 6.92 Å². The highest BCUT2D eigenvalue weighted by atomic mass is 79.9. The van der Waals surface area contributed by atoms with Gasteiger partial charge in [-0.3, -0.25) is 4.79 Å². The summed E-state index contributed by atoms with van der Waals surface area (Å²) in [6, 6.07) is 0.148. The Morgan fingerprint density at radius 2 is 2.35 bits per heavy atom. The lowest BCUT2D eigenvalue weighted by atomic mass is 10.2. The van der Waals surface area contributed by atoms with Gasteiger partial charge in [-0.25, -0.2) is 4.68 Å². The maximum atomic E-state index is 11.9. The number of nitrogens with zero attached hydrogens (tertiary/aromatic N) is 2. The van der Waals surface area contributed by atoms with E-state index in [1.54, 1.807) is 6.20 Å². The molecule has 5 nitrogen and oxygen atoms in total. The fourth-order valence-electron chi connectivity index (χ4n) is 1.39. The van der Waals surface area contributed by atoms with E-state index in [1.807, 2.05) is 13.8 Å². The lowest BCUT2D eigenvalue weighted by Gasteiger charge is -2.11.